The monoisotopic (exact) mass is 334 g/mol. The number of rotatable bonds is 5. The number of amides is 2. The van der Waals surface area contributed by atoms with Gasteiger partial charge in [-0.2, -0.15) is 0 Å². The molecule has 0 saturated carbocycles. The Bertz CT molecular complexity index is 616. The highest BCUT2D eigenvalue weighted by molar-refractivity contribution is 7.99. The van der Waals surface area contributed by atoms with Crippen LogP contribution in [0.15, 0.2) is 35.9 Å². The summed E-state index contributed by atoms with van der Waals surface area (Å²) in [5.74, 6) is 1.49. The lowest BCUT2D eigenvalue weighted by Crippen LogP contribution is -2.44. The quantitative estimate of drug-likeness (QED) is 0.841. The standard InChI is InChI=1S/C17H22N2O3S/c1-4-7-12(2)17(21)19-11-23-10-14(19)16(20)18-13-8-5-6-9-15(13)22-3/h5-9,14H,4,10-11H2,1-3H3,(H,18,20). The maximum atomic E-state index is 12.6. The van der Waals surface area contributed by atoms with Crippen LogP contribution in [0, 0.1) is 0 Å². The second-order valence-corrected chi connectivity index (χ2v) is 6.28. The molecular formula is C17H22N2O3S. The van der Waals surface area contributed by atoms with Gasteiger partial charge in [-0.25, -0.2) is 0 Å². The summed E-state index contributed by atoms with van der Waals surface area (Å²) in [4.78, 5) is 26.7. The highest BCUT2D eigenvalue weighted by Gasteiger charge is 2.35. The van der Waals surface area contributed by atoms with Crippen molar-refractivity contribution in [2.75, 3.05) is 24.1 Å². The van der Waals surface area contributed by atoms with Crippen LogP contribution in [-0.2, 0) is 9.59 Å². The van der Waals surface area contributed by atoms with E-state index in [1.165, 1.54) is 0 Å². The van der Waals surface area contributed by atoms with E-state index in [4.69, 9.17) is 4.74 Å². The number of allylic oxidation sites excluding steroid dienone is 1. The zero-order chi connectivity index (χ0) is 16.8. The fraction of sp³-hybridized carbons (Fsp3) is 0.412. The molecule has 0 bridgehead atoms. The van der Waals surface area contributed by atoms with Gasteiger partial charge in [0.25, 0.3) is 5.91 Å². The van der Waals surface area contributed by atoms with Gasteiger partial charge in [0.1, 0.15) is 11.8 Å². The molecule has 0 aliphatic carbocycles. The Labute approximate surface area is 141 Å². The van der Waals surface area contributed by atoms with E-state index in [9.17, 15) is 9.59 Å². The van der Waals surface area contributed by atoms with Crippen molar-refractivity contribution in [2.24, 2.45) is 0 Å². The molecule has 1 aliphatic heterocycles. The summed E-state index contributed by atoms with van der Waals surface area (Å²) in [6.45, 7) is 3.78. The smallest absolute Gasteiger partial charge is 0.250 e. The summed E-state index contributed by atoms with van der Waals surface area (Å²) in [5, 5.41) is 2.87. The van der Waals surface area contributed by atoms with Gasteiger partial charge in [-0.3, -0.25) is 9.59 Å². The highest BCUT2D eigenvalue weighted by atomic mass is 32.2. The molecule has 1 unspecified atom stereocenters. The van der Waals surface area contributed by atoms with Gasteiger partial charge < -0.3 is 15.0 Å². The molecule has 0 aromatic heterocycles. The number of nitrogens with one attached hydrogen (secondary N) is 1. The molecule has 1 aromatic carbocycles. The van der Waals surface area contributed by atoms with E-state index >= 15 is 0 Å². The number of thioether (sulfide) groups is 1. The molecule has 1 aliphatic rings. The first-order chi connectivity index (χ1) is 11.1. The minimum atomic E-state index is -0.461. The fourth-order valence-electron chi connectivity index (χ4n) is 2.44. The van der Waals surface area contributed by atoms with Crippen LogP contribution in [-0.4, -0.2) is 41.5 Å². The van der Waals surface area contributed by atoms with Crippen molar-refractivity contribution in [3.05, 3.63) is 35.9 Å². The number of hydrogen-bond acceptors (Lipinski definition) is 4. The fourth-order valence-corrected chi connectivity index (χ4v) is 3.60. The Balaban J connectivity index is 2.12. The van der Waals surface area contributed by atoms with Gasteiger partial charge in [-0.1, -0.05) is 25.1 Å². The molecule has 0 radical (unpaired) electrons. The molecule has 2 amide bonds. The molecule has 5 nitrogen and oxygen atoms in total. The Hall–Kier alpha value is -1.95. The SMILES string of the molecule is CCC=C(C)C(=O)N1CSCC1C(=O)Nc1ccccc1OC. The molecule has 1 heterocycles. The van der Waals surface area contributed by atoms with Crippen LogP contribution >= 0.6 is 11.8 Å². The molecule has 124 valence electrons. The number of ether oxygens (including phenoxy) is 1. The van der Waals surface area contributed by atoms with Crippen LogP contribution < -0.4 is 10.1 Å². The van der Waals surface area contributed by atoms with Gasteiger partial charge in [0, 0.05) is 11.3 Å². The summed E-state index contributed by atoms with van der Waals surface area (Å²) in [6.07, 6.45) is 2.69. The minimum Gasteiger partial charge on any atom is -0.495 e. The lowest BCUT2D eigenvalue weighted by atomic mass is 10.2. The van der Waals surface area contributed by atoms with E-state index in [0.717, 1.165) is 6.42 Å². The van der Waals surface area contributed by atoms with Crippen molar-refractivity contribution in [3.8, 4) is 5.75 Å². The minimum absolute atomic E-state index is 0.0722. The highest BCUT2D eigenvalue weighted by Crippen LogP contribution is 2.27. The molecule has 2 rings (SSSR count). The summed E-state index contributed by atoms with van der Waals surface area (Å²) >= 11 is 1.59. The first kappa shape index (κ1) is 17.4. The lowest BCUT2D eigenvalue weighted by Gasteiger charge is -2.23. The number of benzene rings is 1. The van der Waals surface area contributed by atoms with E-state index in [0.29, 0.717) is 28.6 Å². The number of para-hydroxylation sites is 2. The average Bonchev–Trinajstić information content (AvgIpc) is 3.04. The molecule has 1 saturated heterocycles. The van der Waals surface area contributed by atoms with Gasteiger partial charge in [-0.15, -0.1) is 11.8 Å². The van der Waals surface area contributed by atoms with Crippen molar-refractivity contribution in [1.82, 2.24) is 4.90 Å². The van der Waals surface area contributed by atoms with Gasteiger partial charge in [0.15, 0.2) is 0 Å². The third kappa shape index (κ3) is 4.07. The topological polar surface area (TPSA) is 58.6 Å². The Morgan fingerprint density at radius 2 is 2.17 bits per heavy atom. The summed E-state index contributed by atoms with van der Waals surface area (Å²) in [7, 11) is 1.56. The molecule has 1 N–H and O–H groups in total. The number of nitrogens with zero attached hydrogens (tertiary/aromatic N) is 1. The summed E-state index contributed by atoms with van der Waals surface area (Å²) in [5.41, 5.74) is 1.30. The van der Waals surface area contributed by atoms with Gasteiger partial charge >= 0.3 is 0 Å². The molecule has 0 spiro atoms. The number of carbonyl (C=O) groups excluding carboxylic acids is 2. The summed E-state index contributed by atoms with van der Waals surface area (Å²) in [6, 6.07) is 6.79. The van der Waals surface area contributed by atoms with E-state index < -0.39 is 6.04 Å². The van der Waals surface area contributed by atoms with Crippen LogP contribution in [0.3, 0.4) is 0 Å². The Morgan fingerprint density at radius 3 is 2.87 bits per heavy atom. The van der Waals surface area contributed by atoms with Gasteiger partial charge in [-0.05, 0) is 25.5 Å². The number of methoxy groups -OCH3 is 1. The maximum Gasteiger partial charge on any atom is 0.250 e. The van der Waals surface area contributed by atoms with E-state index in [1.807, 2.05) is 25.1 Å². The van der Waals surface area contributed by atoms with Crippen LogP contribution in [0.5, 0.6) is 5.75 Å². The van der Waals surface area contributed by atoms with Crippen molar-refractivity contribution in [3.63, 3.8) is 0 Å². The zero-order valence-corrected chi connectivity index (χ0v) is 14.5. The molecule has 23 heavy (non-hydrogen) atoms. The predicted octanol–water partition coefficient (Wildman–Crippen LogP) is 2.89. The van der Waals surface area contributed by atoms with Crippen LogP contribution in [0.1, 0.15) is 20.3 Å². The summed E-state index contributed by atoms with van der Waals surface area (Å²) < 4.78 is 5.24. The number of hydrogen-bond donors (Lipinski definition) is 1. The second-order valence-electron chi connectivity index (χ2n) is 5.28. The molecule has 6 heteroatoms. The number of anilines is 1. The largest absolute Gasteiger partial charge is 0.495 e. The predicted molar refractivity (Wildman–Crippen MR) is 93.6 cm³/mol. The second kappa shape index (κ2) is 8.06. The number of carbonyl (C=O) groups is 2. The van der Waals surface area contributed by atoms with Crippen molar-refractivity contribution >= 4 is 29.3 Å². The molecule has 1 atom stereocenters. The molecule has 1 fully saturated rings. The van der Waals surface area contributed by atoms with E-state index in [1.54, 1.807) is 42.8 Å². The van der Waals surface area contributed by atoms with E-state index in [2.05, 4.69) is 5.32 Å². The lowest BCUT2D eigenvalue weighted by molar-refractivity contribution is -0.133. The van der Waals surface area contributed by atoms with Crippen molar-refractivity contribution in [1.29, 1.82) is 0 Å². The first-order valence-electron chi connectivity index (χ1n) is 7.57. The average molecular weight is 334 g/mol. The van der Waals surface area contributed by atoms with Crippen LogP contribution in [0.2, 0.25) is 0 Å². The molecular weight excluding hydrogens is 312 g/mol. The van der Waals surface area contributed by atoms with E-state index in [-0.39, 0.29) is 11.8 Å². The van der Waals surface area contributed by atoms with Crippen LogP contribution in [0.4, 0.5) is 5.69 Å². The third-order valence-corrected chi connectivity index (χ3v) is 4.67. The van der Waals surface area contributed by atoms with Gasteiger partial charge in [0.2, 0.25) is 5.91 Å². The van der Waals surface area contributed by atoms with Gasteiger partial charge in [0.05, 0.1) is 18.7 Å². The maximum absolute atomic E-state index is 12.6. The van der Waals surface area contributed by atoms with Crippen molar-refractivity contribution in [2.45, 2.75) is 26.3 Å². The Kier molecular flexibility index (Phi) is 6.10. The normalized spacial score (nSPS) is 18.0. The first-order valence-corrected chi connectivity index (χ1v) is 8.73. The Morgan fingerprint density at radius 1 is 1.43 bits per heavy atom. The van der Waals surface area contributed by atoms with Crippen LogP contribution in [0.25, 0.3) is 0 Å². The third-order valence-electron chi connectivity index (χ3n) is 3.66. The van der Waals surface area contributed by atoms with Crippen molar-refractivity contribution < 1.29 is 14.3 Å². The molecule has 1 aromatic rings. The zero-order valence-electron chi connectivity index (χ0n) is 13.7.